The summed E-state index contributed by atoms with van der Waals surface area (Å²) >= 11 is 0. The van der Waals surface area contributed by atoms with Gasteiger partial charge in [-0.25, -0.2) is 0 Å². The van der Waals surface area contributed by atoms with Gasteiger partial charge >= 0.3 is 0 Å². The van der Waals surface area contributed by atoms with E-state index < -0.39 is 0 Å². The first-order chi connectivity index (χ1) is 5.30. The molecule has 2 radical (unpaired) electrons. The van der Waals surface area contributed by atoms with Crippen LogP contribution < -0.4 is 0 Å². The molecule has 0 bridgehead atoms. The summed E-state index contributed by atoms with van der Waals surface area (Å²) in [7, 11) is 5.25. The Morgan fingerprint density at radius 2 is 1.45 bits per heavy atom. The van der Waals surface area contributed by atoms with Crippen LogP contribution in [0.15, 0.2) is 0 Å². The van der Waals surface area contributed by atoms with Crippen LogP contribution in [0.2, 0.25) is 0 Å². The van der Waals surface area contributed by atoms with E-state index >= 15 is 0 Å². The predicted molar refractivity (Wildman–Crippen MR) is 46.6 cm³/mol. The molecule has 0 amide bonds. The highest BCUT2D eigenvalue weighted by Gasteiger charge is 2.14. The third kappa shape index (κ3) is 3.09. The van der Waals surface area contributed by atoms with Gasteiger partial charge in [-0.1, -0.05) is 32.1 Å². The molecular weight excluding hydrogens is 135 g/mol. The first-order valence-corrected chi connectivity index (χ1v) is 4.60. The third-order valence-corrected chi connectivity index (χ3v) is 2.51. The normalized spacial score (nSPS) is 22.2. The van der Waals surface area contributed by atoms with Gasteiger partial charge < -0.3 is 4.79 Å². The molecule has 0 N–H and O–H groups in total. The molecule has 2 heteroatoms. The monoisotopic (exact) mass is 150 g/mol. The molecule has 0 atom stereocenters. The van der Waals surface area contributed by atoms with Crippen molar-refractivity contribution in [2.45, 2.75) is 44.9 Å². The zero-order valence-electron chi connectivity index (χ0n) is 7.01. The van der Waals surface area contributed by atoms with Gasteiger partial charge in [-0.3, -0.25) is 0 Å². The summed E-state index contributed by atoms with van der Waals surface area (Å²) in [6.45, 7) is 0. The molecule has 11 heavy (non-hydrogen) atoms. The fraction of sp³-hybridized carbons (Fsp3) is 0.889. The molecule has 1 rings (SSSR count). The highest BCUT2D eigenvalue weighted by Crippen LogP contribution is 2.21. The number of rotatable bonds is 1. The Hall–Kier alpha value is -0.265. The van der Waals surface area contributed by atoms with E-state index in [-0.39, 0.29) is 11.6 Å². The van der Waals surface area contributed by atoms with Crippen molar-refractivity contribution in [1.82, 2.24) is 0 Å². The highest BCUT2D eigenvalue weighted by molar-refractivity contribution is 6.58. The summed E-state index contributed by atoms with van der Waals surface area (Å²) in [6, 6.07) is 0. The summed E-state index contributed by atoms with van der Waals surface area (Å²) in [5.41, 5.74) is -0.0908. The molecule has 1 aliphatic carbocycles. The molecule has 0 heterocycles. The van der Waals surface area contributed by atoms with E-state index in [0.717, 1.165) is 12.8 Å². The van der Waals surface area contributed by atoms with Crippen LogP contribution in [0.3, 0.4) is 0 Å². The Morgan fingerprint density at radius 3 is 1.91 bits per heavy atom. The molecule has 1 fully saturated rings. The minimum Gasteiger partial charge on any atom is -0.312 e. The Morgan fingerprint density at radius 1 is 1.00 bits per heavy atom. The van der Waals surface area contributed by atoms with Crippen LogP contribution in [0.25, 0.3) is 0 Å². The maximum Gasteiger partial charge on any atom is 0.168 e. The lowest BCUT2D eigenvalue weighted by molar-refractivity contribution is -0.115. The van der Waals surface area contributed by atoms with Gasteiger partial charge in [0.05, 0.1) is 5.68 Å². The number of hydrogen-bond donors (Lipinski definition) is 0. The van der Waals surface area contributed by atoms with Gasteiger partial charge in [-0.05, 0) is 12.8 Å². The molecule has 1 saturated carbocycles. The standard InChI is InChI=1S/C9H15BO/c10-9(11)8-6-4-2-1-3-5-7-8/h8H,1-7H2. The van der Waals surface area contributed by atoms with Crippen molar-refractivity contribution in [3.63, 3.8) is 0 Å². The van der Waals surface area contributed by atoms with Gasteiger partial charge in [0, 0.05) is 5.92 Å². The lowest BCUT2D eigenvalue weighted by Crippen LogP contribution is -2.15. The molecule has 60 valence electrons. The molecule has 1 nitrogen and oxygen atoms in total. The quantitative estimate of drug-likeness (QED) is 0.522. The van der Waals surface area contributed by atoms with Crippen molar-refractivity contribution >= 4 is 13.5 Å². The first-order valence-electron chi connectivity index (χ1n) is 4.60. The van der Waals surface area contributed by atoms with Gasteiger partial charge in [0.25, 0.3) is 0 Å². The van der Waals surface area contributed by atoms with E-state index in [1.807, 2.05) is 0 Å². The largest absolute Gasteiger partial charge is 0.312 e. The van der Waals surface area contributed by atoms with Crippen LogP contribution in [0, 0.1) is 5.92 Å². The van der Waals surface area contributed by atoms with Crippen LogP contribution in [-0.2, 0) is 4.79 Å². The molecule has 1 aliphatic rings. The van der Waals surface area contributed by atoms with Crippen molar-refractivity contribution in [2.75, 3.05) is 0 Å². The summed E-state index contributed by atoms with van der Waals surface area (Å²) in [6.07, 6.45) is 8.32. The molecular formula is C9H15BO. The number of hydrogen-bond acceptors (Lipinski definition) is 1. The highest BCUT2D eigenvalue weighted by atomic mass is 16.1. The van der Waals surface area contributed by atoms with Crippen molar-refractivity contribution in [3.8, 4) is 0 Å². The molecule has 0 spiro atoms. The zero-order chi connectivity index (χ0) is 8.10. The topological polar surface area (TPSA) is 17.1 Å². The Labute approximate surface area is 70.0 Å². The van der Waals surface area contributed by atoms with Gasteiger partial charge in [-0.2, -0.15) is 0 Å². The van der Waals surface area contributed by atoms with Crippen molar-refractivity contribution < 1.29 is 4.79 Å². The van der Waals surface area contributed by atoms with Crippen LogP contribution in [-0.4, -0.2) is 13.5 Å². The molecule has 0 unspecified atom stereocenters. The van der Waals surface area contributed by atoms with E-state index in [9.17, 15) is 4.79 Å². The fourth-order valence-corrected chi connectivity index (χ4v) is 1.74. The predicted octanol–water partition coefficient (Wildman–Crippen LogP) is 2.04. The molecule has 0 aromatic rings. The Balaban J connectivity index is 2.32. The Kier molecular flexibility index (Phi) is 3.68. The summed E-state index contributed by atoms with van der Waals surface area (Å²) < 4.78 is 0. The van der Waals surface area contributed by atoms with Crippen LogP contribution in [0.5, 0.6) is 0 Å². The SMILES string of the molecule is [B]C(=O)C1CCCCCCC1. The van der Waals surface area contributed by atoms with Crippen LogP contribution >= 0.6 is 0 Å². The van der Waals surface area contributed by atoms with Crippen LogP contribution in [0.4, 0.5) is 0 Å². The van der Waals surface area contributed by atoms with Gasteiger partial charge in [0.2, 0.25) is 0 Å². The van der Waals surface area contributed by atoms with E-state index in [4.69, 9.17) is 7.85 Å². The maximum absolute atomic E-state index is 10.8. The molecule has 0 aromatic carbocycles. The van der Waals surface area contributed by atoms with Crippen LogP contribution in [0.1, 0.15) is 44.9 Å². The van der Waals surface area contributed by atoms with Crippen molar-refractivity contribution in [2.24, 2.45) is 5.92 Å². The second-order valence-electron chi connectivity index (χ2n) is 3.44. The Bertz CT molecular complexity index is 126. The second-order valence-corrected chi connectivity index (χ2v) is 3.44. The summed E-state index contributed by atoms with van der Waals surface area (Å²) in [4.78, 5) is 10.8. The van der Waals surface area contributed by atoms with E-state index in [1.54, 1.807) is 0 Å². The first kappa shape index (κ1) is 8.83. The maximum atomic E-state index is 10.8. The van der Waals surface area contributed by atoms with E-state index in [0.29, 0.717) is 0 Å². The fourth-order valence-electron chi connectivity index (χ4n) is 1.74. The summed E-state index contributed by atoms with van der Waals surface area (Å²) in [5.74, 6) is 0.176. The number of carbonyl (C=O) groups excluding carboxylic acids is 1. The van der Waals surface area contributed by atoms with E-state index in [2.05, 4.69) is 0 Å². The molecule has 0 aliphatic heterocycles. The smallest absolute Gasteiger partial charge is 0.168 e. The molecule has 0 aromatic heterocycles. The lowest BCUT2D eigenvalue weighted by atomic mass is 9.81. The average Bonchev–Trinajstić information content (AvgIpc) is 1.84. The molecule has 0 saturated heterocycles. The average molecular weight is 150 g/mol. The van der Waals surface area contributed by atoms with Crippen molar-refractivity contribution in [1.29, 1.82) is 0 Å². The minimum atomic E-state index is -0.0908. The van der Waals surface area contributed by atoms with Crippen molar-refractivity contribution in [3.05, 3.63) is 0 Å². The summed E-state index contributed by atoms with van der Waals surface area (Å²) in [5, 5.41) is 0. The zero-order valence-corrected chi connectivity index (χ0v) is 7.01. The van der Waals surface area contributed by atoms with E-state index in [1.165, 1.54) is 32.1 Å². The van der Waals surface area contributed by atoms with Gasteiger partial charge in [0.15, 0.2) is 7.85 Å². The van der Waals surface area contributed by atoms with Gasteiger partial charge in [-0.15, -0.1) is 0 Å². The minimum absolute atomic E-state index is 0.0908. The lowest BCUT2D eigenvalue weighted by Gasteiger charge is -2.16. The second kappa shape index (κ2) is 4.58. The third-order valence-electron chi connectivity index (χ3n) is 2.51. The number of carbonyl (C=O) groups is 1. The van der Waals surface area contributed by atoms with Gasteiger partial charge in [0.1, 0.15) is 0 Å².